The molecule has 1 aliphatic carbocycles. The molecule has 1 N–H and O–H groups in total. The van der Waals surface area contributed by atoms with Crippen molar-refractivity contribution in [2.75, 3.05) is 13.7 Å². The summed E-state index contributed by atoms with van der Waals surface area (Å²) >= 11 is 0. The SMILES string of the molecule is CCC1=NO[C@H](CN(Cc2ccc(O)c(OC)c2)C2CC2)C1. The molecular formula is C17H24N2O3. The average Bonchev–Trinajstić information content (AvgIpc) is 3.28. The van der Waals surface area contributed by atoms with E-state index >= 15 is 0 Å². The van der Waals surface area contributed by atoms with Crippen molar-refractivity contribution in [2.45, 2.75) is 51.3 Å². The maximum atomic E-state index is 9.70. The van der Waals surface area contributed by atoms with Crippen molar-refractivity contribution in [3.05, 3.63) is 23.8 Å². The first kappa shape index (κ1) is 15.2. The Morgan fingerprint density at radius 3 is 2.86 bits per heavy atom. The lowest BCUT2D eigenvalue weighted by Gasteiger charge is -2.24. The maximum Gasteiger partial charge on any atom is 0.160 e. The lowest BCUT2D eigenvalue weighted by atomic mass is 10.1. The van der Waals surface area contributed by atoms with E-state index in [4.69, 9.17) is 9.57 Å². The van der Waals surface area contributed by atoms with Gasteiger partial charge in [-0.25, -0.2) is 0 Å². The summed E-state index contributed by atoms with van der Waals surface area (Å²) in [5.74, 6) is 0.714. The summed E-state index contributed by atoms with van der Waals surface area (Å²) in [6.07, 6.45) is 4.59. The van der Waals surface area contributed by atoms with Crippen molar-refractivity contribution in [1.29, 1.82) is 0 Å². The minimum absolute atomic E-state index is 0.176. The van der Waals surface area contributed by atoms with Gasteiger partial charge in [0.1, 0.15) is 6.10 Å². The predicted octanol–water partition coefficient (Wildman–Crippen LogP) is 2.92. The summed E-state index contributed by atoms with van der Waals surface area (Å²) in [4.78, 5) is 8.01. The van der Waals surface area contributed by atoms with Gasteiger partial charge >= 0.3 is 0 Å². The molecule has 0 spiro atoms. The van der Waals surface area contributed by atoms with E-state index in [9.17, 15) is 5.11 Å². The Bertz CT molecular complexity index is 555. The van der Waals surface area contributed by atoms with Gasteiger partial charge in [0, 0.05) is 25.6 Å². The second-order valence-corrected chi connectivity index (χ2v) is 6.11. The minimum atomic E-state index is 0.176. The van der Waals surface area contributed by atoms with Crippen LogP contribution in [0.1, 0.15) is 38.2 Å². The van der Waals surface area contributed by atoms with E-state index in [0.717, 1.165) is 37.2 Å². The lowest BCUT2D eigenvalue weighted by molar-refractivity contribution is 0.0477. The summed E-state index contributed by atoms with van der Waals surface area (Å²) in [5, 5.41) is 13.9. The number of methoxy groups -OCH3 is 1. The highest BCUT2D eigenvalue weighted by Crippen LogP contribution is 2.32. The normalized spacial score (nSPS) is 20.9. The molecule has 0 bridgehead atoms. The van der Waals surface area contributed by atoms with Crippen LogP contribution < -0.4 is 4.74 Å². The maximum absolute atomic E-state index is 9.70. The van der Waals surface area contributed by atoms with Gasteiger partial charge in [0.05, 0.1) is 12.8 Å². The Hall–Kier alpha value is -1.75. The fourth-order valence-corrected chi connectivity index (χ4v) is 2.89. The summed E-state index contributed by atoms with van der Waals surface area (Å²) in [5.41, 5.74) is 2.31. The van der Waals surface area contributed by atoms with Crippen LogP contribution in [-0.4, -0.2) is 41.5 Å². The van der Waals surface area contributed by atoms with E-state index < -0.39 is 0 Å². The smallest absolute Gasteiger partial charge is 0.160 e. The van der Waals surface area contributed by atoms with E-state index in [0.29, 0.717) is 11.8 Å². The Balaban J connectivity index is 1.63. The second-order valence-electron chi connectivity index (χ2n) is 6.11. The molecule has 1 aromatic rings. The molecule has 1 saturated carbocycles. The van der Waals surface area contributed by atoms with E-state index in [2.05, 4.69) is 17.0 Å². The molecule has 0 unspecified atom stereocenters. The van der Waals surface area contributed by atoms with Crippen molar-refractivity contribution in [2.24, 2.45) is 5.16 Å². The van der Waals surface area contributed by atoms with Gasteiger partial charge < -0.3 is 14.7 Å². The van der Waals surface area contributed by atoms with Gasteiger partial charge in [-0.05, 0) is 37.0 Å². The fourth-order valence-electron chi connectivity index (χ4n) is 2.89. The van der Waals surface area contributed by atoms with Crippen LogP contribution in [0, 0.1) is 0 Å². The molecule has 5 heteroatoms. The van der Waals surface area contributed by atoms with Gasteiger partial charge in [0.25, 0.3) is 0 Å². The quantitative estimate of drug-likeness (QED) is 0.841. The number of benzene rings is 1. The first-order chi connectivity index (χ1) is 10.7. The lowest BCUT2D eigenvalue weighted by Crippen LogP contribution is -2.34. The molecule has 120 valence electrons. The molecule has 0 saturated heterocycles. The number of phenols is 1. The summed E-state index contributed by atoms with van der Waals surface area (Å²) in [7, 11) is 1.58. The third-order valence-electron chi connectivity index (χ3n) is 4.33. The predicted molar refractivity (Wildman–Crippen MR) is 85.3 cm³/mol. The number of oxime groups is 1. The van der Waals surface area contributed by atoms with E-state index in [1.165, 1.54) is 12.8 Å². The zero-order valence-corrected chi connectivity index (χ0v) is 13.3. The van der Waals surface area contributed by atoms with Gasteiger partial charge in [-0.3, -0.25) is 4.90 Å². The molecule has 2 aliphatic rings. The van der Waals surface area contributed by atoms with Crippen molar-refractivity contribution < 1.29 is 14.7 Å². The van der Waals surface area contributed by atoms with Crippen LogP contribution >= 0.6 is 0 Å². The molecule has 0 amide bonds. The molecule has 1 aromatic carbocycles. The first-order valence-electron chi connectivity index (χ1n) is 8.01. The average molecular weight is 304 g/mol. The molecule has 3 rings (SSSR count). The molecule has 1 atom stereocenters. The number of ether oxygens (including phenoxy) is 1. The van der Waals surface area contributed by atoms with E-state index in [-0.39, 0.29) is 11.9 Å². The van der Waals surface area contributed by atoms with Crippen LogP contribution in [0.2, 0.25) is 0 Å². The van der Waals surface area contributed by atoms with E-state index in [1.54, 1.807) is 13.2 Å². The number of nitrogens with zero attached hydrogens (tertiary/aromatic N) is 2. The fraction of sp³-hybridized carbons (Fsp3) is 0.588. The second kappa shape index (κ2) is 6.57. The van der Waals surface area contributed by atoms with Crippen molar-refractivity contribution in [1.82, 2.24) is 4.90 Å². The van der Waals surface area contributed by atoms with Gasteiger partial charge in [-0.15, -0.1) is 0 Å². The summed E-state index contributed by atoms with van der Waals surface area (Å²) in [6.45, 7) is 3.87. The van der Waals surface area contributed by atoms with E-state index in [1.807, 2.05) is 12.1 Å². The highest BCUT2D eigenvalue weighted by molar-refractivity contribution is 5.85. The number of hydrogen-bond donors (Lipinski definition) is 1. The van der Waals surface area contributed by atoms with Gasteiger partial charge in [-0.2, -0.15) is 0 Å². The monoisotopic (exact) mass is 304 g/mol. The van der Waals surface area contributed by atoms with Crippen LogP contribution in [-0.2, 0) is 11.4 Å². The molecule has 1 aliphatic heterocycles. The third kappa shape index (κ3) is 3.53. The molecule has 0 aromatic heterocycles. The van der Waals surface area contributed by atoms with Crippen LogP contribution in [0.15, 0.2) is 23.4 Å². The molecular weight excluding hydrogens is 280 g/mol. The zero-order chi connectivity index (χ0) is 15.5. The number of hydrogen-bond acceptors (Lipinski definition) is 5. The Morgan fingerprint density at radius 1 is 1.41 bits per heavy atom. The number of rotatable bonds is 7. The Kier molecular flexibility index (Phi) is 4.52. The van der Waals surface area contributed by atoms with Crippen molar-refractivity contribution >= 4 is 5.71 Å². The molecule has 22 heavy (non-hydrogen) atoms. The van der Waals surface area contributed by atoms with Crippen LogP contribution in [0.3, 0.4) is 0 Å². The number of aromatic hydroxyl groups is 1. The highest BCUT2D eigenvalue weighted by Gasteiger charge is 2.32. The van der Waals surface area contributed by atoms with Gasteiger partial charge in [-0.1, -0.05) is 18.1 Å². The highest BCUT2D eigenvalue weighted by atomic mass is 16.6. The Morgan fingerprint density at radius 2 is 2.23 bits per heavy atom. The van der Waals surface area contributed by atoms with Gasteiger partial charge in [0.15, 0.2) is 11.5 Å². The van der Waals surface area contributed by atoms with Crippen molar-refractivity contribution in [3.8, 4) is 11.5 Å². The Labute approximate surface area is 131 Å². The topological polar surface area (TPSA) is 54.3 Å². The molecule has 1 heterocycles. The standard InChI is InChI=1S/C17H24N2O3/c1-3-13-9-15(22-18-13)11-19(14-5-6-14)10-12-4-7-16(20)17(8-12)21-2/h4,7-8,14-15,20H,3,5-6,9-11H2,1-2H3/t15-/m0/s1. The van der Waals surface area contributed by atoms with Crippen molar-refractivity contribution in [3.63, 3.8) is 0 Å². The van der Waals surface area contributed by atoms with Crippen LogP contribution in [0.4, 0.5) is 0 Å². The van der Waals surface area contributed by atoms with Crippen LogP contribution in [0.25, 0.3) is 0 Å². The number of phenolic OH excluding ortho intramolecular Hbond substituents is 1. The molecule has 0 radical (unpaired) electrons. The molecule has 1 fully saturated rings. The third-order valence-corrected chi connectivity index (χ3v) is 4.33. The zero-order valence-electron chi connectivity index (χ0n) is 13.3. The first-order valence-corrected chi connectivity index (χ1v) is 8.01. The van der Waals surface area contributed by atoms with Gasteiger partial charge in [0.2, 0.25) is 0 Å². The van der Waals surface area contributed by atoms with Crippen LogP contribution in [0.5, 0.6) is 11.5 Å². The largest absolute Gasteiger partial charge is 0.504 e. The summed E-state index contributed by atoms with van der Waals surface area (Å²) < 4.78 is 5.19. The minimum Gasteiger partial charge on any atom is -0.504 e. The summed E-state index contributed by atoms with van der Waals surface area (Å²) in [6, 6.07) is 6.21. The molecule has 5 nitrogen and oxygen atoms in total.